The Bertz CT molecular complexity index is 215. The average Bonchev–Trinajstić information content (AvgIpc) is 2.34. The predicted molar refractivity (Wildman–Crippen MR) is 75.2 cm³/mol. The van der Waals surface area contributed by atoms with Crippen LogP contribution in [0, 0.1) is 0 Å². The molecule has 3 heteroatoms. The summed E-state index contributed by atoms with van der Waals surface area (Å²) in [4.78, 5) is 10.2. The van der Waals surface area contributed by atoms with Crippen LogP contribution >= 0.6 is 0 Å². The van der Waals surface area contributed by atoms with Crippen molar-refractivity contribution in [2.24, 2.45) is 0 Å². The molecule has 0 radical (unpaired) electrons. The number of aliphatic carboxylic acids is 1. The third-order valence-electron chi connectivity index (χ3n) is 3.14. The van der Waals surface area contributed by atoms with Crippen LogP contribution in [0.4, 0.5) is 0 Å². The molecular weight excluding hydrogens is 357 g/mol. The van der Waals surface area contributed by atoms with Gasteiger partial charge < -0.3 is 9.90 Å². The summed E-state index contributed by atoms with van der Waals surface area (Å²) in [6.07, 6.45) is 18.0. The van der Waals surface area contributed by atoms with Gasteiger partial charge in [0.1, 0.15) is 0 Å². The fourth-order valence-electron chi connectivity index (χ4n) is 1.99. The molecule has 0 spiro atoms. The Balaban J connectivity index is 0. The minimum Gasteiger partial charge on any atom is -0.550 e. The van der Waals surface area contributed by atoms with Crippen LogP contribution in [0.15, 0.2) is 12.2 Å². The number of hydrogen-bond acceptors (Lipinski definition) is 2. The van der Waals surface area contributed by atoms with Crippen LogP contribution in [-0.2, 0) is 4.79 Å². The van der Waals surface area contributed by atoms with Crippen molar-refractivity contribution in [3.05, 3.63) is 12.2 Å². The van der Waals surface area contributed by atoms with E-state index in [4.69, 9.17) is 0 Å². The van der Waals surface area contributed by atoms with Gasteiger partial charge in [0.05, 0.1) is 0 Å². The van der Waals surface area contributed by atoms with E-state index in [1.807, 2.05) is 0 Å². The first-order valence-corrected chi connectivity index (χ1v) is 7.62. The van der Waals surface area contributed by atoms with Gasteiger partial charge in [0.25, 0.3) is 0 Å². The Labute approximate surface area is 178 Å². The molecule has 0 aliphatic rings. The summed E-state index contributed by atoms with van der Waals surface area (Å²) >= 11 is 0. The van der Waals surface area contributed by atoms with E-state index in [-0.39, 0.29) is 75.3 Å². The molecule has 19 heavy (non-hydrogen) atoms. The van der Waals surface area contributed by atoms with Gasteiger partial charge in [-0.25, -0.2) is 0 Å². The number of hydrogen-bond donors (Lipinski definition) is 0. The Morgan fingerprint density at radius 3 is 1.84 bits per heavy atom. The average molecular weight is 386 g/mol. The van der Waals surface area contributed by atoms with Gasteiger partial charge in [-0.2, -0.15) is 0 Å². The number of rotatable bonds is 13. The molecule has 0 saturated carbocycles. The molecule has 0 N–H and O–H groups in total. The summed E-state index contributed by atoms with van der Waals surface area (Å²) in [6.45, 7) is 2.24. The van der Waals surface area contributed by atoms with Crippen molar-refractivity contribution >= 4 is 5.97 Å². The molecule has 0 amide bonds. The number of unbranched alkanes of at least 4 members (excludes halogenated alkanes) is 9. The van der Waals surface area contributed by atoms with E-state index in [9.17, 15) is 9.90 Å². The van der Waals surface area contributed by atoms with Crippen LogP contribution in [0.3, 0.4) is 0 Å². The van der Waals surface area contributed by atoms with Crippen molar-refractivity contribution in [2.75, 3.05) is 0 Å². The second kappa shape index (κ2) is 19.3. The minimum atomic E-state index is -0.916. The monoisotopic (exact) mass is 386 g/mol. The smallest absolute Gasteiger partial charge is 0.550 e. The van der Waals surface area contributed by atoms with Crippen molar-refractivity contribution in [1.82, 2.24) is 0 Å². The number of carbonyl (C=O) groups excluding carboxylic acids is 1. The first-order valence-electron chi connectivity index (χ1n) is 7.62. The molecule has 0 aromatic carbocycles. The minimum absolute atomic E-state index is 0. The van der Waals surface area contributed by atoms with E-state index in [1.54, 1.807) is 0 Å². The maximum absolute atomic E-state index is 10.2. The second-order valence-electron chi connectivity index (χ2n) is 5.00. The van der Waals surface area contributed by atoms with E-state index in [2.05, 4.69) is 19.1 Å². The molecule has 0 aromatic rings. The van der Waals surface area contributed by atoms with Crippen molar-refractivity contribution in [2.45, 2.75) is 84.0 Å². The number of carboxylic acids is 1. The number of carboxylic acid groups (broad SMARTS) is 1. The van der Waals surface area contributed by atoms with E-state index in [1.165, 1.54) is 51.4 Å². The van der Waals surface area contributed by atoms with Gasteiger partial charge in [-0.15, -0.1) is 0 Å². The molecule has 0 bridgehead atoms. The first-order chi connectivity index (χ1) is 8.77. The molecule has 0 aromatic heterocycles. The summed E-state index contributed by atoms with van der Waals surface area (Å²) in [5.74, 6) is -0.916. The predicted octanol–water partition coefficient (Wildman–Crippen LogP) is 0.998. The number of allylic oxidation sites excluding steroid dienone is 2. The van der Waals surface area contributed by atoms with Gasteiger partial charge in [0.2, 0.25) is 0 Å². The molecule has 0 aliphatic heterocycles. The normalized spacial score (nSPS) is 10.6. The zero-order valence-corrected chi connectivity index (χ0v) is 19.2. The zero-order valence-electron chi connectivity index (χ0n) is 13.0. The summed E-state index contributed by atoms with van der Waals surface area (Å²) < 4.78 is 0. The molecular formula is C16H29CsO2. The maximum Gasteiger partial charge on any atom is 1.00 e. The van der Waals surface area contributed by atoms with Crippen LogP contribution in [0.25, 0.3) is 0 Å². The van der Waals surface area contributed by atoms with E-state index in [0.29, 0.717) is 0 Å². The molecule has 0 aliphatic carbocycles. The third kappa shape index (κ3) is 21.7. The Morgan fingerprint density at radius 2 is 1.32 bits per heavy atom. The largest absolute Gasteiger partial charge is 1.00 e. The summed E-state index contributed by atoms with van der Waals surface area (Å²) in [6, 6.07) is 0. The van der Waals surface area contributed by atoms with Crippen molar-refractivity contribution in [3.63, 3.8) is 0 Å². The summed E-state index contributed by atoms with van der Waals surface area (Å²) in [5.41, 5.74) is 0. The second-order valence-corrected chi connectivity index (χ2v) is 5.00. The van der Waals surface area contributed by atoms with Gasteiger partial charge in [0.15, 0.2) is 0 Å². The van der Waals surface area contributed by atoms with Crippen LogP contribution in [-0.4, -0.2) is 5.97 Å². The summed E-state index contributed by atoms with van der Waals surface area (Å²) in [5, 5.41) is 10.2. The molecule has 2 nitrogen and oxygen atoms in total. The molecule has 0 atom stereocenters. The Kier molecular flexibility index (Phi) is 22.9. The fraction of sp³-hybridized carbons (Fsp3) is 0.812. The van der Waals surface area contributed by atoms with Crippen molar-refractivity contribution in [3.8, 4) is 0 Å². The van der Waals surface area contributed by atoms with Crippen molar-refractivity contribution < 1.29 is 78.8 Å². The van der Waals surface area contributed by atoms with Crippen LogP contribution in [0.5, 0.6) is 0 Å². The third-order valence-corrected chi connectivity index (χ3v) is 3.14. The van der Waals surface area contributed by atoms with E-state index >= 15 is 0 Å². The maximum atomic E-state index is 10.2. The number of carbonyl (C=O) groups is 1. The standard InChI is InChI=1S/C16H30O2.Cs/c1-2-3-4-5-6-7-8-9-10-11-12-13-14-15-16(17)18;/h7-8H,2-6,9-15H2,1H3,(H,17,18);/q;+1/p-1/b8-7-;. The molecule has 0 saturated heterocycles. The first kappa shape index (κ1) is 22.5. The quantitative estimate of drug-likeness (QED) is 0.350. The molecule has 0 rings (SSSR count). The van der Waals surface area contributed by atoms with Crippen LogP contribution in [0.1, 0.15) is 84.0 Å². The molecule has 0 unspecified atom stereocenters. The Morgan fingerprint density at radius 1 is 0.842 bits per heavy atom. The van der Waals surface area contributed by atoms with Crippen LogP contribution in [0.2, 0.25) is 0 Å². The van der Waals surface area contributed by atoms with Gasteiger partial charge in [-0.1, -0.05) is 57.6 Å². The van der Waals surface area contributed by atoms with Crippen LogP contribution < -0.4 is 74.0 Å². The van der Waals surface area contributed by atoms with Gasteiger partial charge in [0, 0.05) is 5.97 Å². The fourth-order valence-corrected chi connectivity index (χ4v) is 1.99. The molecule has 106 valence electrons. The Hall–Kier alpha value is 1.26. The topological polar surface area (TPSA) is 40.1 Å². The zero-order chi connectivity index (χ0) is 13.5. The SMILES string of the molecule is CCCCCC/C=C\CCCCCCCC(=O)[O-].[Cs+]. The summed E-state index contributed by atoms with van der Waals surface area (Å²) in [7, 11) is 0. The molecule has 0 fully saturated rings. The van der Waals surface area contributed by atoms with Gasteiger partial charge in [-0.3, -0.25) is 0 Å². The van der Waals surface area contributed by atoms with Gasteiger partial charge >= 0.3 is 68.9 Å². The van der Waals surface area contributed by atoms with E-state index < -0.39 is 5.97 Å². The van der Waals surface area contributed by atoms with E-state index in [0.717, 1.165) is 19.3 Å². The molecule has 0 heterocycles. The van der Waals surface area contributed by atoms with Crippen molar-refractivity contribution in [1.29, 1.82) is 0 Å². The van der Waals surface area contributed by atoms with Gasteiger partial charge in [-0.05, 0) is 38.5 Å².